The fraction of sp³-hybridized carbons (Fsp3) is 0.833. The zero-order valence-electron chi connectivity index (χ0n) is 11.8. The predicted molar refractivity (Wildman–Crippen MR) is 71.6 cm³/mol. The first-order valence-corrected chi connectivity index (χ1v) is 8.12. The van der Waals surface area contributed by atoms with Crippen LogP contribution in [-0.2, 0) is 24.3 Å². The molecule has 0 aromatic rings. The number of hydrogen-bond donors (Lipinski definition) is 1. The maximum atomic E-state index is 12.3. The maximum Gasteiger partial charge on any atom is 0.318 e. The van der Waals surface area contributed by atoms with Crippen molar-refractivity contribution in [2.45, 2.75) is 32.6 Å². The summed E-state index contributed by atoms with van der Waals surface area (Å²) < 4.78 is 30.1. The van der Waals surface area contributed by atoms with E-state index in [-0.39, 0.29) is 18.7 Å². The number of nitrogens with zero attached hydrogens (tertiary/aromatic N) is 1. The third kappa shape index (κ3) is 4.75. The van der Waals surface area contributed by atoms with Crippen LogP contribution in [0.3, 0.4) is 0 Å². The van der Waals surface area contributed by atoms with Crippen molar-refractivity contribution in [1.29, 1.82) is 0 Å². The van der Waals surface area contributed by atoms with E-state index in [1.165, 1.54) is 7.11 Å². The summed E-state index contributed by atoms with van der Waals surface area (Å²) in [7, 11) is -2.42. The normalized spacial score (nSPS) is 16.9. The first kappa shape index (κ1) is 16.9. The molecule has 0 aliphatic heterocycles. The highest BCUT2D eigenvalue weighted by Crippen LogP contribution is 2.50. The van der Waals surface area contributed by atoms with Crippen molar-refractivity contribution in [3.8, 4) is 0 Å². The number of ether oxygens (including phenoxy) is 1. The molecule has 0 amide bonds. The Bertz CT molecular complexity index is 468. The summed E-state index contributed by atoms with van der Waals surface area (Å²) in [6.07, 6.45) is 1.90. The average Bonchev–Trinajstić information content (AvgIpc) is 3.06. The van der Waals surface area contributed by atoms with Crippen molar-refractivity contribution in [2.24, 2.45) is 5.41 Å². The zero-order valence-corrected chi connectivity index (χ0v) is 12.6. The summed E-state index contributed by atoms with van der Waals surface area (Å²) in [5, 5.41) is 8.79. The summed E-state index contributed by atoms with van der Waals surface area (Å²) in [4.78, 5) is 22.1. The molecular formula is C12H21NO6S. The van der Waals surface area contributed by atoms with Gasteiger partial charge in [0.2, 0.25) is 10.0 Å². The molecule has 8 heteroatoms. The van der Waals surface area contributed by atoms with Crippen LogP contribution in [0.5, 0.6) is 0 Å². The number of methoxy groups -OCH3 is 1. The molecule has 1 aliphatic carbocycles. The highest BCUT2D eigenvalue weighted by molar-refractivity contribution is 7.89. The van der Waals surface area contributed by atoms with Crippen LogP contribution >= 0.6 is 0 Å². The first-order valence-electron chi connectivity index (χ1n) is 6.51. The number of esters is 1. The minimum absolute atomic E-state index is 0.0652. The molecule has 116 valence electrons. The highest BCUT2D eigenvalue weighted by Gasteiger charge is 2.49. The minimum atomic E-state index is -3.68. The monoisotopic (exact) mass is 307 g/mol. The lowest BCUT2D eigenvalue weighted by Crippen LogP contribution is -2.40. The Labute approximate surface area is 118 Å². The first-order chi connectivity index (χ1) is 9.24. The van der Waals surface area contributed by atoms with Gasteiger partial charge in [-0.25, -0.2) is 8.42 Å². The van der Waals surface area contributed by atoms with E-state index in [0.717, 1.165) is 4.31 Å². The number of rotatable bonds is 9. The third-order valence-corrected chi connectivity index (χ3v) is 5.45. The van der Waals surface area contributed by atoms with Crippen LogP contribution < -0.4 is 0 Å². The lowest BCUT2D eigenvalue weighted by Gasteiger charge is -2.22. The van der Waals surface area contributed by atoms with E-state index in [2.05, 4.69) is 4.74 Å². The topological polar surface area (TPSA) is 101 Å². The van der Waals surface area contributed by atoms with Gasteiger partial charge in [-0.2, -0.15) is 4.31 Å². The van der Waals surface area contributed by atoms with Gasteiger partial charge in [0.15, 0.2) is 0 Å². The number of sulfonamides is 1. The number of carbonyl (C=O) groups is 2. The second kappa shape index (κ2) is 6.53. The van der Waals surface area contributed by atoms with E-state index in [0.29, 0.717) is 19.3 Å². The number of carboxylic acids is 1. The van der Waals surface area contributed by atoms with Gasteiger partial charge in [0.05, 0.1) is 19.3 Å². The molecule has 1 aliphatic rings. The molecule has 0 spiro atoms. The minimum Gasteiger partial charge on any atom is -0.480 e. The quantitative estimate of drug-likeness (QED) is 0.621. The van der Waals surface area contributed by atoms with Crippen LogP contribution in [0.2, 0.25) is 0 Å². The Kier molecular flexibility index (Phi) is 5.52. The van der Waals surface area contributed by atoms with Gasteiger partial charge >= 0.3 is 11.9 Å². The highest BCUT2D eigenvalue weighted by atomic mass is 32.2. The summed E-state index contributed by atoms with van der Waals surface area (Å²) in [5.41, 5.74) is -0.573. The van der Waals surface area contributed by atoms with Crippen LogP contribution in [0.1, 0.15) is 32.6 Å². The molecule has 0 heterocycles. The largest absolute Gasteiger partial charge is 0.480 e. The van der Waals surface area contributed by atoms with Gasteiger partial charge in [0, 0.05) is 6.54 Å². The van der Waals surface area contributed by atoms with Crippen LogP contribution in [0.25, 0.3) is 0 Å². The van der Waals surface area contributed by atoms with Gasteiger partial charge in [-0.05, 0) is 24.7 Å². The predicted octanol–water partition coefficient (Wildman–Crippen LogP) is 0.456. The summed E-state index contributed by atoms with van der Waals surface area (Å²) >= 11 is 0. The standard InChI is InChI=1S/C12H21NO6S/c1-3-6-13(8-10(14)15)20(17,18)9-12(4-5-12)7-11(16)19-2/h3-9H2,1-2H3,(H,14,15). The Morgan fingerprint density at radius 1 is 1.35 bits per heavy atom. The molecule has 1 rings (SSSR count). The Morgan fingerprint density at radius 2 is 1.95 bits per heavy atom. The Hall–Kier alpha value is -1.15. The van der Waals surface area contributed by atoms with Gasteiger partial charge < -0.3 is 9.84 Å². The molecule has 1 fully saturated rings. The van der Waals surface area contributed by atoms with Crippen molar-refractivity contribution in [3.63, 3.8) is 0 Å². The van der Waals surface area contributed by atoms with Crippen LogP contribution in [0.15, 0.2) is 0 Å². The van der Waals surface area contributed by atoms with Gasteiger partial charge in [-0.1, -0.05) is 6.92 Å². The lowest BCUT2D eigenvalue weighted by atomic mass is 10.1. The van der Waals surface area contributed by atoms with Gasteiger partial charge in [-0.15, -0.1) is 0 Å². The maximum absolute atomic E-state index is 12.3. The second-order valence-electron chi connectivity index (χ2n) is 5.24. The molecule has 0 unspecified atom stereocenters. The van der Waals surface area contributed by atoms with E-state index in [9.17, 15) is 18.0 Å². The van der Waals surface area contributed by atoms with E-state index in [4.69, 9.17) is 5.11 Å². The molecule has 20 heavy (non-hydrogen) atoms. The van der Waals surface area contributed by atoms with E-state index >= 15 is 0 Å². The molecule has 0 aromatic heterocycles. The number of aliphatic carboxylic acids is 1. The molecule has 0 aromatic carbocycles. The summed E-state index contributed by atoms with van der Waals surface area (Å²) in [5.74, 6) is -1.81. The van der Waals surface area contributed by atoms with Crippen molar-refractivity contribution >= 4 is 22.0 Å². The number of carboxylic acid groups (broad SMARTS) is 1. The number of carbonyl (C=O) groups excluding carboxylic acids is 1. The molecule has 0 atom stereocenters. The summed E-state index contributed by atoms with van der Waals surface area (Å²) in [6, 6.07) is 0. The SMILES string of the molecule is CCCN(CC(=O)O)S(=O)(=O)CC1(CC(=O)OC)CC1. The molecule has 1 saturated carbocycles. The summed E-state index contributed by atoms with van der Waals surface area (Å²) in [6.45, 7) is 1.42. The molecule has 7 nitrogen and oxygen atoms in total. The van der Waals surface area contributed by atoms with E-state index < -0.39 is 33.9 Å². The third-order valence-electron chi connectivity index (χ3n) is 3.37. The van der Waals surface area contributed by atoms with E-state index in [1.54, 1.807) is 6.92 Å². The zero-order chi connectivity index (χ0) is 15.4. The fourth-order valence-electron chi connectivity index (χ4n) is 2.12. The van der Waals surface area contributed by atoms with Crippen molar-refractivity contribution in [1.82, 2.24) is 4.31 Å². The van der Waals surface area contributed by atoms with Gasteiger partial charge in [0.1, 0.15) is 6.54 Å². The molecule has 0 bridgehead atoms. The van der Waals surface area contributed by atoms with Crippen molar-refractivity contribution < 1.29 is 27.9 Å². The van der Waals surface area contributed by atoms with Crippen LogP contribution in [0.4, 0.5) is 0 Å². The lowest BCUT2D eigenvalue weighted by molar-refractivity contribution is -0.142. The number of hydrogen-bond acceptors (Lipinski definition) is 5. The smallest absolute Gasteiger partial charge is 0.318 e. The second-order valence-corrected chi connectivity index (χ2v) is 7.21. The molecule has 0 saturated heterocycles. The van der Waals surface area contributed by atoms with Gasteiger partial charge in [-0.3, -0.25) is 9.59 Å². The molecular weight excluding hydrogens is 286 g/mol. The molecule has 0 radical (unpaired) electrons. The average molecular weight is 307 g/mol. The fourth-order valence-corrected chi connectivity index (χ4v) is 4.24. The van der Waals surface area contributed by atoms with Crippen LogP contribution in [-0.4, -0.2) is 55.7 Å². The van der Waals surface area contributed by atoms with Crippen molar-refractivity contribution in [3.05, 3.63) is 0 Å². The Morgan fingerprint density at radius 3 is 2.35 bits per heavy atom. The van der Waals surface area contributed by atoms with Crippen molar-refractivity contribution in [2.75, 3.05) is 26.0 Å². The van der Waals surface area contributed by atoms with Crippen LogP contribution in [0, 0.1) is 5.41 Å². The van der Waals surface area contributed by atoms with E-state index in [1.807, 2.05) is 0 Å². The molecule has 1 N–H and O–H groups in total. The Balaban J connectivity index is 2.76. The van der Waals surface area contributed by atoms with Gasteiger partial charge in [0.25, 0.3) is 0 Å².